The van der Waals surface area contributed by atoms with E-state index in [0.29, 0.717) is 16.3 Å². The van der Waals surface area contributed by atoms with Crippen molar-refractivity contribution in [1.29, 1.82) is 0 Å². The lowest BCUT2D eigenvalue weighted by molar-refractivity contribution is 0.0938. The fourth-order valence-electron chi connectivity index (χ4n) is 2.54. The highest BCUT2D eigenvalue weighted by molar-refractivity contribution is 7.92. The number of anilines is 1. The molecule has 1 N–H and O–H groups in total. The predicted octanol–water partition coefficient (Wildman–Crippen LogP) is 4.08. The second-order valence-electron chi connectivity index (χ2n) is 6.14. The van der Waals surface area contributed by atoms with Gasteiger partial charge in [0.1, 0.15) is 0 Å². The van der Waals surface area contributed by atoms with Gasteiger partial charge in [0.25, 0.3) is 15.9 Å². The zero-order valence-corrected chi connectivity index (χ0v) is 16.6. The van der Waals surface area contributed by atoms with E-state index in [1.165, 1.54) is 35.6 Å². The molecule has 2 aromatic rings. The molecule has 1 amide bonds. The van der Waals surface area contributed by atoms with E-state index in [1.54, 1.807) is 24.3 Å². The van der Waals surface area contributed by atoms with E-state index in [0.717, 1.165) is 12.8 Å². The van der Waals surface area contributed by atoms with E-state index < -0.39 is 10.0 Å². The van der Waals surface area contributed by atoms with Crippen molar-refractivity contribution in [2.45, 2.75) is 37.6 Å². The maximum absolute atomic E-state index is 12.7. The SMILES string of the molecule is CCC[C@H](C)NC(=O)c1ccc(N(C)S(=O)(=O)c2ccc(Cl)cc2)cc1. The summed E-state index contributed by atoms with van der Waals surface area (Å²) in [7, 11) is -2.22. The third-order valence-electron chi connectivity index (χ3n) is 4.06. The van der Waals surface area contributed by atoms with Crippen LogP contribution in [0.15, 0.2) is 53.4 Å². The minimum absolute atomic E-state index is 0.0973. The average molecular weight is 395 g/mol. The molecule has 0 saturated heterocycles. The molecule has 0 spiro atoms. The van der Waals surface area contributed by atoms with Gasteiger partial charge < -0.3 is 5.32 Å². The summed E-state index contributed by atoms with van der Waals surface area (Å²) >= 11 is 5.81. The molecule has 0 aromatic heterocycles. The Labute approximate surface area is 160 Å². The van der Waals surface area contributed by atoms with Crippen molar-refractivity contribution in [2.24, 2.45) is 0 Å². The Morgan fingerprint density at radius 1 is 1.12 bits per heavy atom. The second kappa shape index (κ2) is 8.56. The standard InChI is InChI=1S/C19H23ClN2O3S/c1-4-5-14(2)21-19(23)15-6-10-17(11-7-15)22(3)26(24,25)18-12-8-16(20)9-13-18/h6-14H,4-5H2,1-3H3,(H,21,23)/t14-/m0/s1. The minimum atomic E-state index is -3.69. The molecule has 0 radical (unpaired) electrons. The van der Waals surface area contributed by atoms with Gasteiger partial charge in [0.2, 0.25) is 0 Å². The number of amides is 1. The normalized spacial score (nSPS) is 12.5. The Balaban J connectivity index is 2.16. The molecule has 26 heavy (non-hydrogen) atoms. The summed E-state index contributed by atoms with van der Waals surface area (Å²) in [6, 6.07) is 12.6. The zero-order chi connectivity index (χ0) is 19.3. The smallest absolute Gasteiger partial charge is 0.264 e. The molecular weight excluding hydrogens is 372 g/mol. The monoisotopic (exact) mass is 394 g/mol. The van der Waals surface area contributed by atoms with Crippen molar-refractivity contribution < 1.29 is 13.2 Å². The molecule has 140 valence electrons. The van der Waals surface area contributed by atoms with Crippen LogP contribution in [-0.2, 0) is 10.0 Å². The van der Waals surface area contributed by atoms with Crippen LogP contribution in [0.2, 0.25) is 5.02 Å². The largest absolute Gasteiger partial charge is 0.350 e. The summed E-state index contributed by atoms with van der Waals surface area (Å²) < 4.78 is 26.5. The average Bonchev–Trinajstić information content (AvgIpc) is 2.61. The summed E-state index contributed by atoms with van der Waals surface area (Å²) in [6.45, 7) is 4.02. The van der Waals surface area contributed by atoms with Gasteiger partial charge in [-0.25, -0.2) is 8.42 Å². The molecule has 0 aliphatic heterocycles. The van der Waals surface area contributed by atoms with Gasteiger partial charge in [0, 0.05) is 23.7 Å². The lowest BCUT2D eigenvalue weighted by atomic mass is 10.1. The fraction of sp³-hybridized carbons (Fsp3) is 0.316. The first-order valence-corrected chi connectivity index (χ1v) is 10.2. The fourth-order valence-corrected chi connectivity index (χ4v) is 3.86. The second-order valence-corrected chi connectivity index (χ2v) is 8.54. The van der Waals surface area contributed by atoms with Gasteiger partial charge in [-0.1, -0.05) is 24.9 Å². The van der Waals surface area contributed by atoms with Crippen LogP contribution in [0.3, 0.4) is 0 Å². The van der Waals surface area contributed by atoms with Crippen molar-refractivity contribution in [3.05, 3.63) is 59.1 Å². The molecular formula is C19H23ClN2O3S. The number of nitrogens with zero attached hydrogens (tertiary/aromatic N) is 1. The molecule has 1 atom stereocenters. The van der Waals surface area contributed by atoms with Gasteiger partial charge in [-0.3, -0.25) is 9.10 Å². The number of hydrogen-bond acceptors (Lipinski definition) is 3. The molecule has 0 unspecified atom stereocenters. The summed E-state index contributed by atoms with van der Waals surface area (Å²) in [5.74, 6) is -0.166. The maximum Gasteiger partial charge on any atom is 0.264 e. The topological polar surface area (TPSA) is 66.5 Å². The van der Waals surface area contributed by atoms with E-state index in [-0.39, 0.29) is 16.8 Å². The van der Waals surface area contributed by atoms with Crippen LogP contribution in [0.25, 0.3) is 0 Å². The quantitative estimate of drug-likeness (QED) is 0.769. The van der Waals surface area contributed by atoms with E-state index in [2.05, 4.69) is 12.2 Å². The van der Waals surface area contributed by atoms with Gasteiger partial charge >= 0.3 is 0 Å². The molecule has 0 aliphatic carbocycles. The lowest BCUT2D eigenvalue weighted by Gasteiger charge is -2.20. The highest BCUT2D eigenvalue weighted by Gasteiger charge is 2.21. The summed E-state index contributed by atoms with van der Waals surface area (Å²) in [5, 5.41) is 3.40. The van der Waals surface area contributed by atoms with Crippen LogP contribution in [-0.4, -0.2) is 27.4 Å². The highest BCUT2D eigenvalue weighted by atomic mass is 35.5. The Bertz CT molecular complexity index is 849. The number of rotatable bonds is 7. The van der Waals surface area contributed by atoms with Gasteiger partial charge in [-0.15, -0.1) is 0 Å². The van der Waals surface area contributed by atoms with E-state index >= 15 is 0 Å². The first-order chi connectivity index (χ1) is 12.3. The van der Waals surface area contributed by atoms with Crippen LogP contribution >= 0.6 is 11.6 Å². The summed E-state index contributed by atoms with van der Waals surface area (Å²) in [4.78, 5) is 12.4. The Morgan fingerprint density at radius 2 is 1.69 bits per heavy atom. The molecule has 2 rings (SSSR count). The van der Waals surface area contributed by atoms with Crippen molar-refractivity contribution in [1.82, 2.24) is 5.32 Å². The van der Waals surface area contributed by atoms with Crippen LogP contribution in [0.1, 0.15) is 37.0 Å². The van der Waals surface area contributed by atoms with E-state index in [4.69, 9.17) is 11.6 Å². The van der Waals surface area contributed by atoms with Gasteiger partial charge in [0.05, 0.1) is 10.6 Å². The maximum atomic E-state index is 12.7. The Morgan fingerprint density at radius 3 is 2.23 bits per heavy atom. The molecule has 5 nitrogen and oxygen atoms in total. The molecule has 0 heterocycles. The van der Waals surface area contributed by atoms with Crippen molar-refractivity contribution in [2.75, 3.05) is 11.4 Å². The number of nitrogens with one attached hydrogen (secondary N) is 1. The number of halogens is 1. The first-order valence-electron chi connectivity index (χ1n) is 8.41. The predicted molar refractivity (Wildman–Crippen MR) is 105 cm³/mol. The molecule has 0 fully saturated rings. The molecule has 0 bridgehead atoms. The van der Waals surface area contributed by atoms with Crippen LogP contribution in [0.5, 0.6) is 0 Å². The molecule has 0 aliphatic rings. The van der Waals surface area contributed by atoms with E-state index in [1.807, 2.05) is 6.92 Å². The minimum Gasteiger partial charge on any atom is -0.350 e. The van der Waals surface area contributed by atoms with Crippen molar-refractivity contribution >= 4 is 33.2 Å². The van der Waals surface area contributed by atoms with Crippen LogP contribution < -0.4 is 9.62 Å². The number of carbonyl (C=O) groups is 1. The summed E-state index contributed by atoms with van der Waals surface area (Å²) in [6.07, 6.45) is 1.90. The zero-order valence-electron chi connectivity index (χ0n) is 15.1. The van der Waals surface area contributed by atoms with Gasteiger partial charge in [0.15, 0.2) is 0 Å². The Kier molecular flexibility index (Phi) is 6.67. The highest BCUT2D eigenvalue weighted by Crippen LogP contribution is 2.23. The van der Waals surface area contributed by atoms with Gasteiger partial charge in [-0.2, -0.15) is 0 Å². The third-order valence-corrected chi connectivity index (χ3v) is 6.12. The summed E-state index contributed by atoms with van der Waals surface area (Å²) in [5.41, 5.74) is 0.965. The number of sulfonamides is 1. The van der Waals surface area contributed by atoms with Crippen LogP contribution in [0, 0.1) is 0 Å². The van der Waals surface area contributed by atoms with Gasteiger partial charge in [-0.05, 0) is 61.9 Å². The number of benzene rings is 2. The third kappa shape index (κ3) is 4.77. The van der Waals surface area contributed by atoms with Crippen molar-refractivity contribution in [3.63, 3.8) is 0 Å². The Hall–Kier alpha value is -2.05. The van der Waals surface area contributed by atoms with Crippen LogP contribution in [0.4, 0.5) is 5.69 Å². The molecule has 7 heteroatoms. The first kappa shape index (κ1) is 20.3. The molecule has 0 saturated carbocycles. The molecule has 2 aromatic carbocycles. The number of hydrogen-bond donors (Lipinski definition) is 1. The van der Waals surface area contributed by atoms with Crippen molar-refractivity contribution in [3.8, 4) is 0 Å². The number of carbonyl (C=O) groups excluding carboxylic acids is 1. The van der Waals surface area contributed by atoms with E-state index in [9.17, 15) is 13.2 Å². The lowest BCUT2D eigenvalue weighted by Crippen LogP contribution is -2.32.